The third-order valence-corrected chi connectivity index (χ3v) is 4.42. The van der Waals surface area contributed by atoms with Gasteiger partial charge in [-0.15, -0.1) is 0 Å². The van der Waals surface area contributed by atoms with E-state index in [1.54, 1.807) is 0 Å². The third-order valence-electron chi connectivity index (χ3n) is 4.42. The number of hydrogen-bond acceptors (Lipinski definition) is 3. The molecule has 0 heterocycles. The summed E-state index contributed by atoms with van der Waals surface area (Å²) in [7, 11) is 0. The average molecular weight is 377 g/mol. The standard InChI is InChI=1S/C24H27NO3/c1-4-23(28-22-14-11-19-7-5-6-8-20(19)15-22)24(26)25-16-18-9-12-21(13-10-18)27-17(2)3/h5-15,17,23H,4,16H2,1-3H3,(H,25,26)/t23-/m0/s1. The molecule has 4 heteroatoms. The smallest absolute Gasteiger partial charge is 0.261 e. The van der Waals surface area contributed by atoms with Gasteiger partial charge in [0, 0.05) is 6.54 Å². The van der Waals surface area contributed by atoms with E-state index in [-0.39, 0.29) is 12.0 Å². The van der Waals surface area contributed by atoms with E-state index in [0.29, 0.717) is 18.7 Å². The van der Waals surface area contributed by atoms with Crippen molar-refractivity contribution in [3.63, 3.8) is 0 Å². The summed E-state index contributed by atoms with van der Waals surface area (Å²) in [4.78, 5) is 12.6. The van der Waals surface area contributed by atoms with Gasteiger partial charge in [-0.3, -0.25) is 4.79 Å². The SMILES string of the molecule is CC[C@H](Oc1ccc2ccccc2c1)C(=O)NCc1ccc(OC(C)C)cc1. The van der Waals surface area contributed by atoms with E-state index in [9.17, 15) is 4.79 Å². The fourth-order valence-corrected chi connectivity index (χ4v) is 2.99. The molecule has 1 atom stereocenters. The Balaban J connectivity index is 1.58. The predicted molar refractivity (Wildman–Crippen MR) is 113 cm³/mol. The molecule has 0 saturated heterocycles. The molecule has 4 nitrogen and oxygen atoms in total. The molecule has 0 saturated carbocycles. The lowest BCUT2D eigenvalue weighted by Gasteiger charge is -2.18. The zero-order chi connectivity index (χ0) is 19.9. The van der Waals surface area contributed by atoms with Crippen LogP contribution >= 0.6 is 0 Å². The molecular weight excluding hydrogens is 350 g/mol. The molecule has 1 amide bonds. The van der Waals surface area contributed by atoms with Crippen molar-refractivity contribution >= 4 is 16.7 Å². The van der Waals surface area contributed by atoms with Crippen LogP contribution in [0.25, 0.3) is 10.8 Å². The second-order valence-electron chi connectivity index (χ2n) is 7.05. The van der Waals surface area contributed by atoms with Gasteiger partial charge in [-0.05, 0) is 60.9 Å². The maximum absolute atomic E-state index is 12.6. The number of nitrogens with one attached hydrogen (secondary N) is 1. The van der Waals surface area contributed by atoms with Crippen LogP contribution in [-0.4, -0.2) is 18.1 Å². The summed E-state index contributed by atoms with van der Waals surface area (Å²) in [6, 6.07) is 21.7. The van der Waals surface area contributed by atoms with Crippen LogP contribution in [0.5, 0.6) is 11.5 Å². The van der Waals surface area contributed by atoms with Crippen LogP contribution in [0.1, 0.15) is 32.8 Å². The highest BCUT2D eigenvalue weighted by molar-refractivity contribution is 5.84. The van der Waals surface area contributed by atoms with E-state index in [0.717, 1.165) is 22.1 Å². The number of amides is 1. The molecule has 0 aliphatic rings. The van der Waals surface area contributed by atoms with Crippen molar-refractivity contribution in [2.75, 3.05) is 0 Å². The molecule has 28 heavy (non-hydrogen) atoms. The van der Waals surface area contributed by atoms with Crippen molar-refractivity contribution in [2.45, 2.75) is 45.9 Å². The van der Waals surface area contributed by atoms with E-state index >= 15 is 0 Å². The first kappa shape index (κ1) is 19.7. The molecule has 1 N–H and O–H groups in total. The van der Waals surface area contributed by atoms with Crippen molar-refractivity contribution in [3.8, 4) is 11.5 Å². The van der Waals surface area contributed by atoms with Crippen LogP contribution < -0.4 is 14.8 Å². The highest BCUT2D eigenvalue weighted by atomic mass is 16.5. The predicted octanol–water partition coefficient (Wildman–Crippen LogP) is 5.10. The molecule has 0 fully saturated rings. The topological polar surface area (TPSA) is 47.6 Å². The summed E-state index contributed by atoms with van der Waals surface area (Å²) in [5, 5.41) is 5.21. The second kappa shape index (κ2) is 9.27. The maximum Gasteiger partial charge on any atom is 0.261 e. The Hall–Kier alpha value is -3.01. The quantitative estimate of drug-likeness (QED) is 0.594. The Bertz CT molecular complexity index is 919. The first-order valence-electron chi connectivity index (χ1n) is 9.74. The summed E-state index contributed by atoms with van der Waals surface area (Å²) >= 11 is 0. The zero-order valence-electron chi connectivity index (χ0n) is 16.6. The first-order chi connectivity index (χ1) is 13.5. The minimum Gasteiger partial charge on any atom is -0.491 e. The van der Waals surface area contributed by atoms with E-state index < -0.39 is 6.10 Å². The number of carbonyl (C=O) groups excluding carboxylic acids is 1. The van der Waals surface area contributed by atoms with Gasteiger partial charge in [0.1, 0.15) is 11.5 Å². The van der Waals surface area contributed by atoms with Crippen molar-refractivity contribution in [3.05, 3.63) is 72.3 Å². The van der Waals surface area contributed by atoms with Crippen LogP contribution in [0.15, 0.2) is 66.7 Å². The second-order valence-corrected chi connectivity index (χ2v) is 7.05. The minimum absolute atomic E-state index is 0.113. The molecule has 0 spiro atoms. The van der Waals surface area contributed by atoms with Crippen LogP contribution in [0.3, 0.4) is 0 Å². The van der Waals surface area contributed by atoms with E-state index in [2.05, 4.69) is 11.4 Å². The third kappa shape index (κ3) is 5.26. The van der Waals surface area contributed by atoms with Crippen LogP contribution in [0, 0.1) is 0 Å². The molecular formula is C24H27NO3. The van der Waals surface area contributed by atoms with Gasteiger partial charge in [0.15, 0.2) is 6.10 Å². The van der Waals surface area contributed by atoms with E-state index in [1.165, 1.54) is 0 Å². The number of benzene rings is 3. The lowest BCUT2D eigenvalue weighted by atomic mass is 10.1. The zero-order valence-corrected chi connectivity index (χ0v) is 16.6. The molecule has 3 rings (SSSR count). The number of hydrogen-bond donors (Lipinski definition) is 1. The normalized spacial score (nSPS) is 12.0. The fraction of sp³-hybridized carbons (Fsp3) is 0.292. The molecule has 0 radical (unpaired) electrons. The number of fused-ring (bicyclic) bond motifs is 1. The summed E-state index contributed by atoms with van der Waals surface area (Å²) in [5.41, 5.74) is 1.02. The van der Waals surface area contributed by atoms with Crippen LogP contribution in [0.4, 0.5) is 0 Å². The maximum atomic E-state index is 12.6. The molecule has 0 aliphatic carbocycles. The van der Waals surface area contributed by atoms with E-state index in [1.807, 2.05) is 81.4 Å². The lowest BCUT2D eigenvalue weighted by Crippen LogP contribution is -2.37. The van der Waals surface area contributed by atoms with Crippen LogP contribution in [0.2, 0.25) is 0 Å². The number of ether oxygens (including phenoxy) is 2. The molecule has 0 bridgehead atoms. The molecule has 3 aromatic rings. The fourth-order valence-electron chi connectivity index (χ4n) is 2.99. The number of carbonyl (C=O) groups is 1. The Morgan fingerprint density at radius 2 is 1.57 bits per heavy atom. The van der Waals surface area contributed by atoms with Crippen molar-refractivity contribution in [1.82, 2.24) is 5.32 Å². The Kier molecular flexibility index (Phi) is 6.53. The van der Waals surface area contributed by atoms with Gasteiger partial charge in [0.25, 0.3) is 5.91 Å². The molecule has 3 aromatic carbocycles. The average Bonchev–Trinajstić information content (AvgIpc) is 2.70. The minimum atomic E-state index is -0.523. The highest BCUT2D eigenvalue weighted by Crippen LogP contribution is 2.22. The van der Waals surface area contributed by atoms with Gasteiger partial charge < -0.3 is 14.8 Å². The Labute approximate surface area is 166 Å². The molecule has 0 unspecified atom stereocenters. The molecule has 0 aromatic heterocycles. The summed E-state index contributed by atoms with van der Waals surface area (Å²) in [5.74, 6) is 1.42. The molecule has 0 aliphatic heterocycles. The monoisotopic (exact) mass is 377 g/mol. The number of rotatable bonds is 8. The Morgan fingerprint density at radius 1 is 0.893 bits per heavy atom. The van der Waals surface area contributed by atoms with Gasteiger partial charge >= 0.3 is 0 Å². The first-order valence-corrected chi connectivity index (χ1v) is 9.74. The van der Waals surface area contributed by atoms with Gasteiger partial charge in [-0.25, -0.2) is 0 Å². The van der Waals surface area contributed by atoms with Crippen molar-refractivity contribution in [2.24, 2.45) is 0 Å². The van der Waals surface area contributed by atoms with Crippen molar-refractivity contribution < 1.29 is 14.3 Å². The summed E-state index contributed by atoms with van der Waals surface area (Å²) in [6.07, 6.45) is 0.215. The van der Waals surface area contributed by atoms with E-state index in [4.69, 9.17) is 9.47 Å². The summed E-state index contributed by atoms with van der Waals surface area (Å²) < 4.78 is 11.6. The summed E-state index contributed by atoms with van der Waals surface area (Å²) in [6.45, 7) is 6.39. The highest BCUT2D eigenvalue weighted by Gasteiger charge is 2.18. The van der Waals surface area contributed by atoms with Gasteiger partial charge in [-0.1, -0.05) is 49.4 Å². The largest absolute Gasteiger partial charge is 0.491 e. The van der Waals surface area contributed by atoms with Crippen molar-refractivity contribution in [1.29, 1.82) is 0 Å². The van der Waals surface area contributed by atoms with Gasteiger partial charge in [0.2, 0.25) is 0 Å². The van der Waals surface area contributed by atoms with Crippen LogP contribution in [-0.2, 0) is 11.3 Å². The Morgan fingerprint density at radius 3 is 2.25 bits per heavy atom. The van der Waals surface area contributed by atoms with Gasteiger partial charge in [0.05, 0.1) is 6.10 Å². The van der Waals surface area contributed by atoms with Gasteiger partial charge in [-0.2, -0.15) is 0 Å². The lowest BCUT2D eigenvalue weighted by molar-refractivity contribution is -0.128. The molecule has 146 valence electrons.